The highest BCUT2D eigenvalue weighted by atomic mass is 16.5. The summed E-state index contributed by atoms with van der Waals surface area (Å²) in [6.45, 7) is 7.89. The summed E-state index contributed by atoms with van der Waals surface area (Å²) >= 11 is 0. The van der Waals surface area contributed by atoms with Crippen molar-refractivity contribution in [3.8, 4) is 22.9 Å². The number of hydrogen-bond donors (Lipinski definition) is 3. The van der Waals surface area contributed by atoms with Gasteiger partial charge >= 0.3 is 0 Å². The second-order valence-corrected chi connectivity index (χ2v) is 7.67. The lowest BCUT2D eigenvalue weighted by Crippen LogP contribution is -2.29. The van der Waals surface area contributed by atoms with Crippen LogP contribution < -0.4 is 15.5 Å². The standard InChI is InChI=1S/C22H21B2N3O3/c1-12(2)14-4-6-15(7-5-14)16-8-18(26-10-13(3)21(28)27-29)17(9-25)19-20(16)30-11-22(19,23)24/h4-8,12,26,29H,3,10-11H2,1-2H3,(H,27,28). The number of benzene rings is 2. The maximum Gasteiger partial charge on any atom is 0.271 e. The van der Waals surface area contributed by atoms with Crippen molar-refractivity contribution in [3.05, 3.63) is 59.2 Å². The molecule has 2 aromatic carbocycles. The Morgan fingerprint density at radius 2 is 2.03 bits per heavy atom. The second-order valence-electron chi connectivity index (χ2n) is 7.67. The lowest BCUT2D eigenvalue weighted by molar-refractivity contribution is -0.125. The minimum atomic E-state index is -1.33. The lowest BCUT2D eigenvalue weighted by atomic mass is 9.51. The molecule has 0 bridgehead atoms. The number of fused-ring (bicyclic) bond motifs is 1. The first kappa shape index (κ1) is 21.5. The van der Waals surface area contributed by atoms with Crippen LogP contribution in [0.4, 0.5) is 5.69 Å². The number of amides is 1. The zero-order valence-corrected chi connectivity index (χ0v) is 17.0. The summed E-state index contributed by atoms with van der Waals surface area (Å²) in [4.78, 5) is 11.5. The van der Waals surface area contributed by atoms with E-state index in [4.69, 9.17) is 25.6 Å². The quantitative estimate of drug-likeness (QED) is 0.302. The van der Waals surface area contributed by atoms with Crippen molar-refractivity contribution in [2.24, 2.45) is 0 Å². The zero-order chi connectivity index (χ0) is 22.1. The van der Waals surface area contributed by atoms with Gasteiger partial charge in [-0.25, -0.2) is 5.48 Å². The number of ether oxygens (including phenoxy) is 1. The third-order valence-electron chi connectivity index (χ3n) is 5.12. The van der Waals surface area contributed by atoms with Crippen molar-refractivity contribution >= 4 is 27.3 Å². The Bertz CT molecular complexity index is 1040. The minimum Gasteiger partial charge on any atom is -0.493 e. The molecular weight excluding hydrogens is 376 g/mol. The number of rotatable bonds is 6. The molecule has 6 nitrogen and oxygen atoms in total. The van der Waals surface area contributed by atoms with E-state index in [1.807, 2.05) is 24.3 Å². The van der Waals surface area contributed by atoms with Crippen LogP contribution >= 0.6 is 0 Å². The highest BCUT2D eigenvalue weighted by molar-refractivity contribution is 6.41. The molecule has 30 heavy (non-hydrogen) atoms. The normalized spacial score (nSPS) is 13.8. The van der Waals surface area contributed by atoms with Gasteiger partial charge in [-0.2, -0.15) is 5.26 Å². The van der Waals surface area contributed by atoms with Crippen LogP contribution in [0, 0.1) is 11.3 Å². The molecule has 8 heteroatoms. The van der Waals surface area contributed by atoms with Crippen molar-refractivity contribution in [1.82, 2.24) is 5.48 Å². The Hall–Kier alpha value is -3.17. The van der Waals surface area contributed by atoms with Gasteiger partial charge in [0, 0.05) is 23.2 Å². The third kappa shape index (κ3) is 3.94. The first-order valence-corrected chi connectivity index (χ1v) is 9.48. The van der Waals surface area contributed by atoms with Gasteiger partial charge in [0.05, 0.1) is 33.6 Å². The smallest absolute Gasteiger partial charge is 0.271 e. The summed E-state index contributed by atoms with van der Waals surface area (Å²) < 4.78 is 5.81. The van der Waals surface area contributed by atoms with Gasteiger partial charge in [-0.15, -0.1) is 0 Å². The van der Waals surface area contributed by atoms with Crippen LogP contribution in [0.15, 0.2) is 42.5 Å². The summed E-state index contributed by atoms with van der Waals surface area (Å²) in [5, 5.41) is 20.3. The Morgan fingerprint density at radius 1 is 1.37 bits per heavy atom. The molecule has 0 unspecified atom stereocenters. The molecule has 1 heterocycles. The molecule has 3 rings (SSSR count). The van der Waals surface area contributed by atoms with E-state index in [1.54, 1.807) is 6.07 Å². The van der Waals surface area contributed by atoms with E-state index in [2.05, 4.69) is 31.8 Å². The predicted octanol–water partition coefficient (Wildman–Crippen LogP) is 2.70. The molecule has 0 fully saturated rings. The van der Waals surface area contributed by atoms with E-state index >= 15 is 0 Å². The first-order chi connectivity index (χ1) is 14.2. The van der Waals surface area contributed by atoms with Crippen molar-refractivity contribution in [1.29, 1.82) is 5.26 Å². The van der Waals surface area contributed by atoms with Gasteiger partial charge in [0.15, 0.2) is 0 Å². The summed E-state index contributed by atoms with van der Waals surface area (Å²) in [6.07, 6.45) is 0. The lowest BCUT2D eigenvalue weighted by Gasteiger charge is -2.21. The van der Waals surface area contributed by atoms with Gasteiger partial charge in [0.2, 0.25) is 0 Å². The molecule has 148 valence electrons. The van der Waals surface area contributed by atoms with Crippen molar-refractivity contribution < 1.29 is 14.7 Å². The van der Waals surface area contributed by atoms with Crippen molar-refractivity contribution in [3.63, 3.8) is 0 Å². The van der Waals surface area contributed by atoms with E-state index < -0.39 is 11.1 Å². The number of carbonyl (C=O) groups excluding carboxylic acids is 1. The van der Waals surface area contributed by atoms with Gasteiger partial charge < -0.3 is 10.1 Å². The number of nitrogens with one attached hydrogen (secondary N) is 2. The number of hydroxylamine groups is 1. The monoisotopic (exact) mass is 397 g/mol. The Kier molecular flexibility index (Phi) is 5.95. The number of hydrogen-bond acceptors (Lipinski definition) is 5. The maximum atomic E-state index is 11.5. The average molecular weight is 397 g/mol. The van der Waals surface area contributed by atoms with E-state index in [9.17, 15) is 10.1 Å². The fourth-order valence-electron chi connectivity index (χ4n) is 3.40. The fraction of sp³-hybridized carbons (Fsp3) is 0.273. The van der Waals surface area contributed by atoms with Gasteiger partial charge in [-0.05, 0) is 28.3 Å². The second kappa shape index (κ2) is 8.29. The Morgan fingerprint density at radius 3 is 2.60 bits per heavy atom. The SMILES string of the molecule is [B]C1([B])COc2c(-c3ccc(C(C)C)cc3)cc(NCC(=C)C(=O)NO)c(C#N)c21. The largest absolute Gasteiger partial charge is 0.493 e. The Balaban J connectivity index is 2.11. The molecule has 1 aliphatic rings. The van der Waals surface area contributed by atoms with E-state index in [-0.39, 0.29) is 24.3 Å². The van der Waals surface area contributed by atoms with Gasteiger partial charge in [-0.1, -0.05) is 44.7 Å². The van der Waals surface area contributed by atoms with E-state index in [1.165, 1.54) is 11.0 Å². The molecule has 0 saturated carbocycles. The van der Waals surface area contributed by atoms with Crippen molar-refractivity contribution in [2.45, 2.75) is 25.0 Å². The highest BCUT2D eigenvalue weighted by Crippen LogP contribution is 2.47. The molecular formula is C22H21B2N3O3. The molecule has 0 aromatic heterocycles. The summed E-state index contributed by atoms with van der Waals surface area (Å²) in [6, 6.07) is 12.0. The molecule has 2 aromatic rings. The van der Waals surface area contributed by atoms with Crippen LogP contribution in [0.5, 0.6) is 5.75 Å². The molecule has 0 atom stereocenters. The average Bonchev–Trinajstić information content (AvgIpc) is 3.06. The van der Waals surface area contributed by atoms with Gasteiger partial charge in [0.25, 0.3) is 5.91 Å². The summed E-state index contributed by atoms with van der Waals surface area (Å²) in [5.74, 6) is 0.150. The topological polar surface area (TPSA) is 94.4 Å². The number of nitrogens with zero attached hydrogens (tertiary/aromatic N) is 1. The fourth-order valence-corrected chi connectivity index (χ4v) is 3.40. The van der Waals surface area contributed by atoms with Crippen LogP contribution in [0.3, 0.4) is 0 Å². The van der Waals surface area contributed by atoms with Gasteiger partial charge in [0.1, 0.15) is 11.8 Å². The van der Waals surface area contributed by atoms with E-state index in [0.29, 0.717) is 22.9 Å². The molecule has 4 radical (unpaired) electrons. The van der Waals surface area contributed by atoms with Gasteiger partial charge in [-0.3, -0.25) is 10.0 Å². The zero-order valence-electron chi connectivity index (χ0n) is 17.0. The Labute approximate surface area is 178 Å². The molecule has 0 aliphatic carbocycles. The van der Waals surface area contributed by atoms with Crippen LogP contribution in [0.2, 0.25) is 0 Å². The molecule has 0 saturated heterocycles. The number of anilines is 1. The number of nitriles is 1. The number of carbonyl (C=O) groups is 1. The van der Waals surface area contributed by atoms with Crippen LogP contribution in [-0.4, -0.2) is 40.0 Å². The maximum absolute atomic E-state index is 11.5. The highest BCUT2D eigenvalue weighted by Gasteiger charge is 2.37. The molecule has 0 spiro atoms. The van der Waals surface area contributed by atoms with E-state index in [0.717, 1.165) is 11.1 Å². The van der Waals surface area contributed by atoms with Crippen LogP contribution in [-0.2, 0) is 10.0 Å². The third-order valence-corrected chi connectivity index (χ3v) is 5.12. The summed E-state index contributed by atoms with van der Waals surface area (Å²) in [7, 11) is 12.5. The molecule has 3 N–H and O–H groups in total. The van der Waals surface area contributed by atoms with Crippen LogP contribution in [0.25, 0.3) is 11.1 Å². The summed E-state index contributed by atoms with van der Waals surface area (Å²) in [5.41, 5.74) is 5.53. The predicted molar refractivity (Wildman–Crippen MR) is 117 cm³/mol. The van der Waals surface area contributed by atoms with Crippen LogP contribution in [0.1, 0.15) is 36.5 Å². The minimum absolute atomic E-state index is 0.00852. The molecule has 1 amide bonds. The first-order valence-electron chi connectivity index (χ1n) is 9.48. The van der Waals surface area contributed by atoms with Crippen molar-refractivity contribution in [2.75, 3.05) is 18.5 Å². The molecule has 1 aliphatic heterocycles.